The van der Waals surface area contributed by atoms with Crippen LogP contribution in [0.4, 0.5) is 11.6 Å². The molecule has 0 aliphatic heterocycles. The summed E-state index contributed by atoms with van der Waals surface area (Å²) in [5.41, 5.74) is 10.1. The predicted molar refractivity (Wildman–Crippen MR) is 126 cm³/mol. The Kier molecular flexibility index (Phi) is 5.43. The number of fused-ring (bicyclic) bond motifs is 1. The van der Waals surface area contributed by atoms with Gasteiger partial charge in [0, 0.05) is 28.0 Å². The molecule has 4 aromatic rings. The Hall–Kier alpha value is -3.37. The minimum absolute atomic E-state index is 0.00105. The number of nitrogens with zero attached hydrogens (tertiary/aromatic N) is 3. The van der Waals surface area contributed by atoms with E-state index >= 15 is 0 Å². The van der Waals surface area contributed by atoms with Gasteiger partial charge in [-0.15, -0.1) is 11.3 Å². The molecule has 0 amide bonds. The number of pyridine rings is 1. The van der Waals surface area contributed by atoms with Crippen LogP contribution in [0.1, 0.15) is 37.9 Å². The van der Waals surface area contributed by atoms with Gasteiger partial charge in [0.1, 0.15) is 9.71 Å². The lowest BCUT2D eigenvalue weighted by Crippen LogP contribution is -2.16. The van der Waals surface area contributed by atoms with E-state index in [1.165, 1.54) is 35.6 Å². The summed E-state index contributed by atoms with van der Waals surface area (Å²) < 4.78 is 27.8. The predicted octanol–water partition coefficient (Wildman–Crippen LogP) is 3.93. The fourth-order valence-electron chi connectivity index (χ4n) is 3.51. The van der Waals surface area contributed by atoms with E-state index in [0.29, 0.717) is 32.3 Å². The van der Waals surface area contributed by atoms with Crippen LogP contribution in [0.5, 0.6) is 0 Å². The molecule has 4 rings (SSSR count). The van der Waals surface area contributed by atoms with Crippen LogP contribution in [0.25, 0.3) is 10.2 Å². The first-order valence-corrected chi connectivity index (χ1v) is 12.0. The molecule has 3 heterocycles. The van der Waals surface area contributed by atoms with Crippen molar-refractivity contribution in [3.63, 3.8) is 0 Å². The van der Waals surface area contributed by atoms with Crippen molar-refractivity contribution in [2.75, 3.05) is 10.5 Å². The molecule has 0 atom stereocenters. The quantitative estimate of drug-likeness (QED) is 0.426. The standard InChI is InChI=1S/C22H21N5O3S2/c1-11-9-12(2)24-21-17(11)18(23)20(31-21)19(28)15-5-7-16(8-6-15)32(29,30)27-22-25-13(3)10-14(4)26-22/h5-10H,23H2,1-4H3,(H,25,26,27). The molecule has 164 valence electrons. The van der Waals surface area contributed by atoms with Crippen LogP contribution in [0.3, 0.4) is 0 Å². The van der Waals surface area contributed by atoms with Crippen LogP contribution < -0.4 is 10.5 Å². The first-order valence-electron chi connectivity index (χ1n) is 9.71. The van der Waals surface area contributed by atoms with Crippen LogP contribution in [0, 0.1) is 27.7 Å². The molecule has 0 aliphatic carbocycles. The largest absolute Gasteiger partial charge is 0.397 e. The lowest BCUT2D eigenvalue weighted by molar-refractivity contribution is 0.104. The van der Waals surface area contributed by atoms with E-state index in [-0.39, 0.29) is 16.6 Å². The van der Waals surface area contributed by atoms with E-state index in [2.05, 4.69) is 19.7 Å². The fourth-order valence-corrected chi connectivity index (χ4v) is 5.63. The maximum Gasteiger partial charge on any atom is 0.264 e. The number of hydrogen-bond donors (Lipinski definition) is 2. The fraction of sp³-hybridized carbons (Fsp3) is 0.182. The third-order valence-electron chi connectivity index (χ3n) is 4.87. The first-order chi connectivity index (χ1) is 15.0. The summed E-state index contributed by atoms with van der Waals surface area (Å²) in [6, 6.07) is 9.34. The van der Waals surface area contributed by atoms with Crippen LogP contribution in [0.2, 0.25) is 0 Å². The van der Waals surface area contributed by atoms with Gasteiger partial charge >= 0.3 is 0 Å². The zero-order valence-corrected chi connectivity index (χ0v) is 19.6. The van der Waals surface area contributed by atoms with Crippen LogP contribution in [-0.4, -0.2) is 29.2 Å². The van der Waals surface area contributed by atoms with Crippen molar-refractivity contribution >= 4 is 49.0 Å². The van der Waals surface area contributed by atoms with Gasteiger partial charge in [-0.2, -0.15) is 0 Å². The van der Waals surface area contributed by atoms with Gasteiger partial charge in [0.05, 0.1) is 10.6 Å². The number of anilines is 2. The van der Waals surface area contributed by atoms with Crippen molar-refractivity contribution in [3.05, 3.63) is 69.5 Å². The van der Waals surface area contributed by atoms with Gasteiger partial charge in [-0.1, -0.05) is 0 Å². The molecule has 10 heteroatoms. The van der Waals surface area contributed by atoms with Gasteiger partial charge in [-0.05, 0) is 69.7 Å². The Balaban J connectivity index is 1.63. The number of benzene rings is 1. The van der Waals surface area contributed by atoms with E-state index in [1.807, 2.05) is 19.9 Å². The number of nitrogens with two attached hydrogens (primary N) is 1. The maximum atomic E-state index is 13.1. The highest BCUT2D eigenvalue weighted by Gasteiger charge is 2.22. The van der Waals surface area contributed by atoms with Crippen molar-refractivity contribution in [2.24, 2.45) is 0 Å². The molecule has 3 aromatic heterocycles. The summed E-state index contributed by atoms with van der Waals surface area (Å²) in [5, 5.41) is 0.779. The number of rotatable bonds is 5. The Labute approximate surface area is 189 Å². The van der Waals surface area contributed by atoms with Gasteiger partial charge in [-0.25, -0.2) is 28.1 Å². The van der Waals surface area contributed by atoms with Gasteiger partial charge in [0.15, 0.2) is 0 Å². The Morgan fingerprint density at radius 3 is 2.16 bits per heavy atom. The van der Waals surface area contributed by atoms with E-state index in [0.717, 1.165) is 16.6 Å². The molecule has 1 aromatic carbocycles. The molecule has 32 heavy (non-hydrogen) atoms. The van der Waals surface area contributed by atoms with Crippen molar-refractivity contribution in [1.82, 2.24) is 15.0 Å². The molecule has 8 nitrogen and oxygen atoms in total. The average Bonchev–Trinajstić information content (AvgIpc) is 3.02. The number of nitrogen functional groups attached to an aromatic ring is 1. The number of ketones is 1. The van der Waals surface area contributed by atoms with E-state index in [4.69, 9.17) is 5.73 Å². The summed E-state index contributed by atoms with van der Waals surface area (Å²) in [7, 11) is -3.91. The van der Waals surface area contributed by atoms with Crippen LogP contribution in [-0.2, 0) is 10.0 Å². The normalized spacial score (nSPS) is 11.6. The number of carbonyl (C=O) groups is 1. The van der Waals surface area contributed by atoms with E-state index in [1.54, 1.807) is 19.9 Å². The Morgan fingerprint density at radius 1 is 0.938 bits per heavy atom. The molecular weight excluding hydrogens is 446 g/mol. The highest BCUT2D eigenvalue weighted by atomic mass is 32.2. The lowest BCUT2D eigenvalue weighted by Gasteiger charge is -2.08. The minimum Gasteiger partial charge on any atom is -0.397 e. The number of carbonyl (C=O) groups excluding carboxylic acids is 1. The summed E-state index contributed by atoms with van der Waals surface area (Å²) in [4.78, 5) is 26.8. The third-order valence-corrected chi connectivity index (χ3v) is 7.31. The van der Waals surface area contributed by atoms with Gasteiger partial charge in [0.2, 0.25) is 11.7 Å². The molecule has 0 unspecified atom stereocenters. The zero-order valence-electron chi connectivity index (χ0n) is 17.9. The van der Waals surface area contributed by atoms with Gasteiger partial charge < -0.3 is 5.73 Å². The number of aryl methyl sites for hydroxylation is 4. The number of nitrogens with one attached hydrogen (secondary N) is 1. The Bertz CT molecular complexity index is 1460. The molecular formula is C22H21N5O3S2. The number of hydrogen-bond acceptors (Lipinski definition) is 8. The third kappa shape index (κ3) is 4.06. The van der Waals surface area contributed by atoms with Gasteiger partial charge in [0.25, 0.3) is 10.0 Å². The van der Waals surface area contributed by atoms with Crippen molar-refractivity contribution < 1.29 is 13.2 Å². The van der Waals surface area contributed by atoms with Crippen LogP contribution in [0.15, 0.2) is 41.3 Å². The molecule has 0 saturated carbocycles. The highest BCUT2D eigenvalue weighted by molar-refractivity contribution is 7.92. The smallest absolute Gasteiger partial charge is 0.264 e. The van der Waals surface area contributed by atoms with Gasteiger partial charge in [-0.3, -0.25) is 4.79 Å². The number of sulfonamides is 1. The van der Waals surface area contributed by atoms with Crippen molar-refractivity contribution in [2.45, 2.75) is 32.6 Å². The zero-order chi connectivity index (χ0) is 23.2. The molecule has 0 saturated heterocycles. The van der Waals surface area contributed by atoms with E-state index < -0.39 is 10.0 Å². The molecule has 0 spiro atoms. The average molecular weight is 468 g/mol. The maximum absolute atomic E-state index is 13.1. The van der Waals surface area contributed by atoms with Crippen molar-refractivity contribution in [3.8, 4) is 0 Å². The second kappa shape index (κ2) is 7.95. The first kappa shape index (κ1) is 21.8. The van der Waals surface area contributed by atoms with E-state index in [9.17, 15) is 13.2 Å². The topological polar surface area (TPSA) is 128 Å². The lowest BCUT2D eigenvalue weighted by atomic mass is 10.1. The summed E-state index contributed by atoms with van der Waals surface area (Å²) in [5.74, 6) is -0.282. The molecule has 0 fully saturated rings. The molecule has 0 aliphatic rings. The second-order valence-corrected chi connectivity index (χ2v) is 10.2. The summed E-state index contributed by atoms with van der Waals surface area (Å²) in [6.07, 6.45) is 0. The second-order valence-electron chi connectivity index (χ2n) is 7.54. The highest BCUT2D eigenvalue weighted by Crippen LogP contribution is 2.36. The Morgan fingerprint density at radius 2 is 1.53 bits per heavy atom. The summed E-state index contributed by atoms with van der Waals surface area (Å²) in [6.45, 7) is 7.33. The number of aromatic nitrogens is 3. The molecule has 0 radical (unpaired) electrons. The summed E-state index contributed by atoms with van der Waals surface area (Å²) >= 11 is 1.24. The number of thiophene rings is 1. The molecule has 3 N–H and O–H groups in total. The minimum atomic E-state index is -3.91. The van der Waals surface area contributed by atoms with Crippen LogP contribution >= 0.6 is 11.3 Å². The molecule has 0 bridgehead atoms. The van der Waals surface area contributed by atoms with Crippen molar-refractivity contribution in [1.29, 1.82) is 0 Å². The SMILES string of the molecule is Cc1cc(C)nc(NS(=O)(=O)c2ccc(C(=O)c3sc4nc(C)cc(C)c4c3N)cc2)n1. The monoisotopic (exact) mass is 467 g/mol.